The molecule has 0 fully saturated rings. The molecule has 0 aliphatic carbocycles. The molecule has 0 saturated carbocycles. The number of carboxylic acids is 1. The third-order valence-electron chi connectivity index (χ3n) is 2.79. The van der Waals surface area contributed by atoms with E-state index in [4.69, 9.17) is 28.3 Å². The second-order valence-corrected chi connectivity index (χ2v) is 5.19. The maximum absolute atomic E-state index is 12.3. The van der Waals surface area contributed by atoms with Crippen LogP contribution in [0.5, 0.6) is 0 Å². The molecule has 0 atom stereocenters. The number of carboxylic acid groups (broad SMARTS) is 1. The zero-order valence-corrected chi connectivity index (χ0v) is 11.9. The van der Waals surface area contributed by atoms with Gasteiger partial charge in [-0.2, -0.15) is 13.2 Å². The smallest absolute Gasteiger partial charge is 0.389 e. The number of benzene rings is 1. The van der Waals surface area contributed by atoms with Crippen molar-refractivity contribution in [3.8, 4) is 0 Å². The molecule has 114 valence electrons. The van der Waals surface area contributed by atoms with Crippen molar-refractivity contribution in [2.24, 2.45) is 0 Å². The summed E-state index contributed by atoms with van der Waals surface area (Å²) in [6.07, 6.45) is -5.85. The van der Waals surface area contributed by atoms with Gasteiger partial charge in [-0.05, 0) is 12.1 Å². The fourth-order valence-corrected chi connectivity index (χ4v) is 2.24. The minimum atomic E-state index is -4.35. The number of imidazole rings is 1. The number of fused-ring (bicyclic) bond motifs is 1. The minimum absolute atomic E-state index is 0.0306. The van der Waals surface area contributed by atoms with Gasteiger partial charge in [0.05, 0.1) is 27.5 Å². The van der Waals surface area contributed by atoms with Crippen molar-refractivity contribution in [3.05, 3.63) is 28.0 Å². The normalized spacial score (nSPS) is 12.0. The number of alkyl halides is 3. The summed E-state index contributed by atoms with van der Waals surface area (Å²) in [5, 5.41) is 9.27. The van der Waals surface area contributed by atoms with Crippen LogP contribution in [0.2, 0.25) is 10.0 Å². The van der Waals surface area contributed by atoms with E-state index in [0.717, 1.165) is 0 Å². The molecule has 1 aromatic heterocycles. The van der Waals surface area contributed by atoms with E-state index in [1.165, 1.54) is 16.7 Å². The number of aromatic nitrogens is 2. The molecular weight excluding hydrogens is 332 g/mol. The summed E-state index contributed by atoms with van der Waals surface area (Å²) in [5.41, 5.74) is 0.645. The molecule has 2 rings (SSSR count). The summed E-state index contributed by atoms with van der Waals surface area (Å²) in [6.45, 7) is -0.498. The molecule has 9 heteroatoms. The number of hydrogen-bond acceptors (Lipinski definition) is 2. The fraction of sp³-hybridized carbons (Fsp3) is 0.333. The second kappa shape index (κ2) is 5.73. The van der Waals surface area contributed by atoms with Crippen LogP contribution in [-0.2, 0) is 17.8 Å². The molecule has 0 bridgehead atoms. The van der Waals surface area contributed by atoms with Crippen LogP contribution in [0.1, 0.15) is 12.2 Å². The van der Waals surface area contributed by atoms with Crippen LogP contribution in [0, 0.1) is 0 Å². The Bertz CT molecular complexity index is 698. The number of nitrogens with zero attached hydrogens (tertiary/aromatic N) is 2. The highest BCUT2D eigenvalue weighted by Crippen LogP contribution is 2.29. The van der Waals surface area contributed by atoms with Crippen molar-refractivity contribution in [2.75, 3.05) is 0 Å². The van der Waals surface area contributed by atoms with Crippen LogP contribution in [0.25, 0.3) is 11.0 Å². The van der Waals surface area contributed by atoms with Gasteiger partial charge < -0.3 is 9.67 Å². The monoisotopic (exact) mass is 340 g/mol. The van der Waals surface area contributed by atoms with Gasteiger partial charge in [-0.25, -0.2) is 4.98 Å². The lowest BCUT2D eigenvalue weighted by Crippen LogP contribution is -2.15. The first kappa shape index (κ1) is 15.9. The molecule has 0 aliphatic heterocycles. The van der Waals surface area contributed by atoms with Crippen LogP contribution < -0.4 is 0 Å². The third kappa shape index (κ3) is 3.79. The molecular formula is C12H9Cl2F3N2O2. The summed E-state index contributed by atoms with van der Waals surface area (Å²) in [4.78, 5) is 14.9. The highest BCUT2D eigenvalue weighted by Gasteiger charge is 2.28. The molecule has 2 aromatic rings. The molecule has 0 saturated heterocycles. The van der Waals surface area contributed by atoms with E-state index in [1.807, 2.05) is 0 Å². The quantitative estimate of drug-likeness (QED) is 0.917. The Labute approximate surface area is 127 Å². The summed E-state index contributed by atoms with van der Waals surface area (Å²) in [5.74, 6) is -1.16. The van der Waals surface area contributed by atoms with Gasteiger partial charge in [-0.3, -0.25) is 4.79 Å². The molecule has 0 radical (unpaired) electrons. The van der Waals surface area contributed by atoms with Gasteiger partial charge in [0, 0.05) is 6.42 Å². The van der Waals surface area contributed by atoms with E-state index in [9.17, 15) is 18.0 Å². The Morgan fingerprint density at radius 1 is 1.29 bits per heavy atom. The zero-order chi connectivity index (χ0) is 15.8. The largest absolute Gasteiger partial charge is 0.480 e. The predicted octanol–water partition coefficient (Wildman–Crippen LogP) is 3.92. The number of hydrogen-bond donors (Lipinski definition) is 1. The van der Waals surface area contributed by atoms with Crippen molar-refractivity contribution in [1.29, 1.82) is 0 Å². The van der Waals surface area contributed by atoms with Crippen molar-refractivity contribution in [3.63, 3.8) is 0 Å². The number of halogens is 5. The van der Waals surface area contributed by atoms with Crippen LogP contribution in [-0.4, -0.2) is 26.8 Å². The van der Waals surface area contributed by atoms with Gasteiger partial charge in [0.1, 0.15) is 12.4 Å². The number of aryl methyl sites for hydroxylation is 1. The Morgan fingerprint density at radius 3 is 2.48 bits per heavy atom. The predicted molar refractivity (Wildman–Crippen MR) is 71.8 cm³/mol. The lowest BCUT2D eigenvalue weighted by atomic mass is 10.3. The van der Waals surface area contributed by atoms with Gasteiger partial charge in [0.2, 0.25) is 0 Å². The summed E-state index contributed by atoms with van der Waals surface area (Å²) < 4.78 is 38.2. The third-order valence-corrected chi connectivity index (χ3v) is 3.52. The maximum Gasteiger partial charge on any atom is 0.389 e. The Balaban J connectivity index is 2.49. The average molecular weight is 341 g/mol. The van der Waals surface area contributed by atoms with Crippen molar-refractivity contribution in [2.45, 2.75) is 25.6 Å². The van der Waals surface area contributed by atoms with Gasteiger partial charge in [-0.15, -0.1) is 0 Å². The molecule has 1 aromatic carbocycles. The number of carbonyl (C=O) groups is 1. The zero-order valence-electron chi connectivity index (χ0n) is 10.4. The molecule has 0 amide bonds. The lowest BCUT2D eigenvalue weighted by molar-refractivity contribution is -0.137. The van der Waals surface area contributed by atoms with Crippen LogP contribution in [0.4, 0.5) is 13.2 Å². The van der Waals surface area contributed by atoms with E-state index in [2.05, 4.69) is 4.98 Å². The molecule has 0 unspecified atom stereocenters. The molecule has 21 heavy (non-hydrogen) atoms. The summed E-state index contributed by atoms with van der Waals surface area (Å²) in [6, 6.07) is 2.79. The van der Waals surface area contributed by atoms with Crippen LogP contribution >= 0.6 is 23.2 Å². The Kier molecular flexibility index (Phi) is 4.34. The number of aliphatic carboxylic acids is 1. The molecule has 0 spiro atoms. The summed E-state index contributed by atoms with van der Waals surface area (Å²) in [7, 11) is 0. The van der Waals surface area contributed by atoms with E-state index in [1.54, 1.807) is 0 Å². The first-order valence-corrected chi connectivity index (χ1v) is 6.55. The first-order valence-electron chi connectivity index (χ1n) is 5.80. The van der Waals surface area contributed by atoms with Crippen LogP contribution in [0.15, 0.2) is 12.1 Å². The van der Waals surface area contributed by atoms with E-state index in [0.29, 0.717) is 11.0 Å². The van der Waals surface area contributed by atoms with Crippen molar-refractivity contribution >= 4 is 40.2 Å². The van der Waals surface area contributed by atoms with E-state index >= 15 is 0 Å². The highest BCUT2D eigenvalue weighted by molar-refractivity contribution is 6.42. The number of rotatable bonds is 4. The SMILES string of the molecule is O=C(O)Cn1c(CCC(F)(F)F)nc2cc(Cl)c(Cl)cc21. The second-order valence-electron chi connectivity index (χ2n) is 4.38. The topological polar surface area (TPSA) is 55.1 Å². The van der Waals surface area contributed by atoms with Crippen molar-refractivity contribution in [1.82, 2.24) is 9.55 Å². The van der Waals surface area contributed by atoms with E-state index < -0.39 is 31.5 Å². The summed E-state index contributed by atoms with van der Waals surface area (Å²) >= 11 is 11.7. The standard InChI is InChI=1S/C12H9Cl2F3N2O2/c13-6-3-8-9(4-7(6)14)19(5-11(20)21)10(18-8)1-2-12(15,16)17/h3-4H,1-2,5H2,(H,20,21). The average Bonchev–Trinajstić information content (AvgIpc) is 2.64. The molecule has 1 N–H and O–H groups in total. The highest BCUT2D eigenvalue weighted by atomic mass is 35.5. The molecule has 1 heterocycles. The first-order chi connectivity index (χ1) is 9.67. The lowest BCUT2D eigenvalue weighted by Gasteiger charge is -2.08. The van der Waals surface area contributed by atoms with Gasteiger partial charge in [-0.1, -0.05) is 23.2 Å². The Hall–Kier alpha value is -1.47. The van der Waals surface area contributed by atoms with Gasteiger partial charge in [0.25, 0.3) is 0 Å². The van der Waals surface area contributed by atoms with Gasteiger partial charge in [0.15, 0.2) is 0 Å². The van der Waals surface area contributed by atoms with Gasteiger partial charge >= 0.3 is 12.1 Å². The van der Waals surface area contributed by atoms with Crippen molar-refractivity contribution < 1.29 is 23.1 Å². The molecule has 0 aliphatic rings. The van der Waals surface area contributed by atoms with Crippen LogP contribution in [0.3, 0.4) is 0 Å². The maximum atomic E-state index is 12.3. The Morgan fingerprint density at radius 2 is 1.90 bits per heavy atom. The van der Waals surface area contributed by atoms with E-state index in [-0.39, 0.29) is 15.9 Å². The fourth-order valence-electron chi connectivity index (χ4n) is 1.93. The molecule has 4 nitrogen and oxygen atoms in total. The minimum Gasteiger partial charge on any atom is -0.480 e.